The molecule has 4 N–H and O–H groups in total. The highest BCUT2D eigenvalue weighted by molar-refractivity contribution is 7.80. The molecule has 0 atom stereocenters. The largest absolute Gasteiger partial charge is 0.378 e. The van der Waals surface area contributed by atoms with Gasteiger partial charge in [-0.2, -0.15) is 15.0 Å². The lowest BCUT2D eigenvalue weighted by molar-refractivity contribution is 0.121. The van der Waals surface area contributed by atoms with E-state index in [4.69, 9.17) is 27.4 Å². The summed E-state index contributed by atoms with van der Waals surface area (Å²) in [6.45, 7) is 5.62. The number of nitrogens with one attached hydrogen (secondary N) is 2. The normalized spacial score (nSPS) is 18.6. The average Bonchev–Trinajstić information content (AvgIpc) is 2.61. The van der Waals surface area contributed by atoms with E-state index < -0.39 is 0 Å². The molecule has 1 aromatic rings. The van der Waals surface area contributed by atoms with Gasteiger partial charge in [-0.15, -0.1) is 0 Å². The minimum atomic E-state index is 0.117. The van der Waals surface area contributed by atoms with Crippen LogP contribution in [0.4, 0.5) is 17.8 Å². The molecular formula is C12H20N8O2S. The lowest BCUT2D eigenvalue weighted by atomic mass is 10.4. The Bertz CT molecular complexity index is 512. The smallest absolute Gasteiger partial charge is 0.248 e. The van der Waals surface area contributed by atoms with Gasteiger partial charge in [-0.25, -0.2) is 0 Å². The van der Waals surface area contributed by atoms with Crippen molar-refractivity contribution < 1.29 is 9.47 Å². The molecule has 0 aliphatic carbocycles. The fourth-order valence-corrected chi connectivity index (χ4v) is 2.39. The summed E-state index contributed by atoms with van der Waals surface area (Å²) in [4.78, 5) is 17.6. The Morgan fingerprint density at radius 1 is 0.913 bits per heavy atom. The number of hydrogen-bond acceptors (Lipinski definition) is 9. The van der Waals surface area contributed by atoms with E-state index in [2.05, 4.69) is 35.6 Å². The van der Waals surface area contributed by atoms with Crippen molar-refractivity contribution in [3.63, 3.8) is 0 Å². The summed E-state index contributed by atoms with van der Waals surface area (Å²) in [6.07, 6.45) is 0. The maximum atomic E-state index is 5.43. The zero-order valence-electron chi connectivity index (χ0n) is 12.7. The number of rotatable bonds is 4. The molecule has 0 unspecified atom stereocenters. The third-order valence-electron chi connectivity index (χ3n) is 3.50. The van der Waals surface area contributed by atoms with E-state index in [1.54, 1.807) is 0 Å². The molecule has 0 spiro atoms. The Morgan fingerprint density at radius 2 is 1.39 bits per heavy atom. The van der Waals surface area contributed by atoms with E-state index in [0.717, 1.165) is 26.2 Å². The predicted molar refractivity (Wildman–Crippen MR) is 89.4 cm³/mol. The van der Waals surface area contributed by atoms with Crippen molar-refractivity contribution in [3.8, 4) is 0 Å². The van der Waals surface area contributed by atoms with E-state index in [-0.39, 0.29) is 5.11 Å². The summed E-state index contributed by atoms with van der Waals surface area (Å²) in [6, 6.07) is 0. The molecule has 23 heavy (non-hydrogen) atoms. The van der Waals surface area contributed by atoms with Gasteiger partial charge in [-0.1, -0.05) is 0 Å². The number of hydrogen-bond donors (Lipinski definition) is 3. The molecule has 10 nitrogen and oxygen atoms in total. The molecular weight excluding hydrogens is 320 g/mol. The van der Waals surface area contributed by atoms with Crippen LogP contribution < -0.4 is 26.4 Å². The first-order valence-corrected chi connectivity index (χ1v) is 7.86. The number of morpholine rings is 2. The highest BCUT2D eigenvalue weighted by atomic mass is 32.1. The molecule has 2 saturated heterocycles. The molecule has 0 amide bonds. The van der Waals surface area contributed by atoms with Gasteiger partial charge in [0.1, 0.15) is 0 Å². The Labute approximate surface area is 139 Å². The van der Waals surface area contributed by atoms with Crippen molar-refractivity contribution in [2.75, 3.05) is 67.8 Å². The predicted octanol–water partition coefficient (Wildman–Crippen LogP) is -1.30. The summed E-state index contributed by atoms with van der Waals surface area (Å²) in [5, 5.41) is 0.117. The van der Waals surface area contributed by atoms with E-state index in [0.29, 0.717) is 44.3 Å². The van der Waals surface area contributed by atoms with Crippen LogP contribution in [-0.4, -0.2) is 72.7 Å². The molecule has 0 aromatic carbocycles. The number of hydrazine groups is 1. The average molecular weight is 340 g/mol. The van der Waals surface area contributed by atoms with Crippen LogP contribution in [0.15, 0.2) is 0 Å². The molecule has 0 saturated carbocycles. The number of nitrogens with two attached hydrogens (primary N) is 1. The van der Waals surface area contributed by atoms with Crippen molar-refractivity contribution in [3.05, 3.63) is 0 Å². The zero-order chi connectivity index (χ0) is 16.1. The van der Waals surface area contributed by atoms with Crippen molar-refractivity contribution >= 4 is 35.2 Å². The molecule has 0 radical (unpaired) electrons. The van der Waals surface area contributed by atoms with Gasteiger partial charge in [0.15, 0.2) is 5.11 Å². The standard InChI is InChI=1S/C12H20N8O2S/c13-9(23)17-18-10-14-11(19-1-5-21-6-2-19)16-12(15-10)20-3-7-22-8-4-20/h1-8H2,(H3,13,17,23)(H,14,15,16,18). The first kappa shape index (κ1) is 15.9. The summed E-state index contributed by atoms with van der Waals surface area (Å²) in [7, 11) is 0. The molecule has 2 aliphatic rings. The number of anilines is 3. The molecule has 11 heteroatoms. The topological polar surface area (TPSA) is 114 Å². The maximum absolute atomic E-state index is 5.43. The Hall–Kier alpha value is -1.98. The van der Waals surface area contributed by atoms with Crippen molar-refractivity contribution in [1.29, 1.82) is 0 Å². The van der Waals surface area contributed by atoms with Crippen molar-refractivity contribution in [2.45, 2.75) is 0 Å². The maximum Gasteiger partial charge on any atom is 0.248 e. The molecule has 0 bridgehead atoms. The molecule has 1 aromatic heterocycles. The lowest BCUT2D eigenvalue weighted by Gasteiger charge is -2.30. The highest BCUT2D eigenvalue weighted by Gasteiger charge is 2.20. The van der Waals surface area contributed by atoms with Gasteiger partial charge in [0.25, 0.3) is 0 Å². The quantitative estimate of drug-likeness (QED) is 0.449. The van der Waals surface area contributed by atoms with Crippen LogP contribution in [0.3, 0.4) is 0 Å². The third-order valence-corrected chi connectivity index (χ3v) is 3.60. The summed E-state index contributed by atoms with van der Waals surface area (Å²) >= 11 is 4.79. The number of nitrogens with zero attached hydrogens (tertiary/aromatic N) is 5. The van der Waals surface area contributed by atoms with E-state index >= 15 is 0 Å². The SMILES string of the molecule is NC(=S)NNc1nc(N2CCOCC2)nc(N2CCOCC2)n1. The minimum absolute atomic E-state index is 0.117. The minimum Gasteiger partial charge on any atom is -0.378 e. The Morgan fingerprint density at radius 3 is 1.83 bits per heavy atom. The molecule has 3 heterocycles. The Kier molecular flexibility index (Phi) is 5.20. The third kappa shape index (κ3) is 4.27. The summed E-state index contributed by atoms with van der Waals surface area (Å²) in [5.74, 6) is 1.59. The summed E-state index contributed by atoms with van der Waals surface area (Å²) in [5.41, 5.74) is 10.9. The van der Waals surface area contributed by atoms with Crippen LogP contribution in [-0.2, 0) is 9.47 Å². The second-order valence-corrected chi connectivity index (χ2v) is 5.51. The summed E-state index contributed by atoms with van der Waals surface area (Å²) < 4.78 is 10.8. The van der Waals surface area contributed by atoms with Gasteiger partial charge in [-0.3, -0.25) is 10.9 Å². The first-order valence-electron chi connectivity index (χ1n) is 7.45. The van der Waals surface area contributed by atoms with Crippen molar-refractivity contribution in [1.82, 2.24) is 20.4 Å². The molecule has 3 rings (SSSR count). The second-order valence-electron chi connectivity index (χ2n) is 5.07. The van der Waals surface area contributed by atoms with Crippen LogP contribution in [0.2, 0.25) is 0 Å². The fourth-order valence-electron chi connectivity index (χ4n) is 2.34. The van der Waals surface area contributed by atoms with Crippen LogP contribution in [0.25, 0.3) is 0 Å². The first-order chi connectivity index (χ1) is 11.2. The van der Waals surface area contributed by atoms with Gasteiger partial charge >= 0.3 is 0 Å². The zero-order valence-corrected chi connectivity index (χ0v) is 13.5. The lowest BCUT2D eigenvalue weighted by Crippen LogP contribution is -2.41. The molecule has 2 fully saturated rings. The highest BCUT2D eigenvalue weighted by Crippen LogP contribution is 2.18. The van der Waals surface area contributed by atoms with E-state index in [9.17, 15) is 0 Å². The van der Waals surface area contributed by atoms with Gasteiger partial charge in [-0.05, 0) is 12.2 Å². The van der Waals surface area contributed by atoms with Gasteiger partial charge < -0.3 is 25.0 Å². The van der Waals surface area contributed by atoms with Gasteiger partial charge in [0, 0.05) is 26.2 Å². The number of ether oxygens (including phenoxy) is 2. The molecule has 126 valence electrons. The number of thiocarbonyl (C=S) groups is 1. The fraction of sp³-hybridized carbons (Fsp3) is 0.667. The van der Waals surface area contributed by atoms with E-state index in [1.165, 1.54) is 0 Å². The van der Waals surface area contributed by atoms with Crippen LogP contribution in [0, 0.1) is 0 Å². The van der Waals surface area contributed by atoms with Gasteiger partial charge in [0.2, 0.25) is 17.8 Å². The van der Waals surface area contributed by atoms with Crippen LogP contribution in [0.5, 0.6) is 0 Å². The van der Waals surface area contributed by atoms with Gasteiger partial charge in [0.05, 0.1) is 26.4 Å². The monoisotopic (exact) mass is 340 g/mol. The van der Waals surface area contributed by atoms with Crippen molar-refractivity contribution in [2.24, 2.45) is 5.73 Å². The number of aromatic nitrogens is 3. The second kappa shape index (κ2) is 7.53. The Balaban J connectivity index is 1.83. The van der Waals surface area contributed by atoms with Crippen LogP contribution in [0.1, 0.15) is 0 Å². The van der Waals surface area contributed by atoms with Crippen LogP contribution >= 0.6 is 12.2 Å². The molecule has 2 aliphatic heterocycles. The van der Waals surface area contributed by atoms with E-state index in [1.807, 2.05) is 0 Å².